The highest BCUT2D eigenvalue weighted by Gasteiger charge is 2.14. The molecule has 5 rings (SSSR count). The first-order chi connectivity index (χ1) is 12.6. The number of hydrogen-bond acceptors (Lipinski definition) is 1. The van der Waals surface area contributed by atoms with Gasteiger partial charge in [0.05, 0.1) is 11.0 Å². The molecule has 2 nitrogen and oxygen atoms in total. The predicted octanol–water partition coefficient (Wildman–Crippen LogP) is 6.88. The monoisotopic (exact) mass is 564 g/mol. The van der Waals surface area contributed by atoms with Crippen LogP contribution in [0.3, 0.4) is 0 Å². The molecule has 1 aromatic heterocycles. The second-order valence-corrected chi connectivity index (χ2v) is 8.69. The lowest BCUT2D eigenvalue weighted by Gasteiger charge is -2.07. The standard InChI is InChI=1S/C21H11FI2N2/c22-12-3-1-11(2-4-12)21-25-19-17-9-13(23)5-7-15(17)16-8-6-14(24)10-18(16)20(19)26-21/h1-10H,(H,25,26). The van der Waals surface area contributed by atoms with Gasteiger partial charge in [-0.2, -0.15) is 0 Å². The van der Waals surface area contributed by atoms with Crippen LogP contribution in [0.5, 0.6) is 0 Å². The summed E-state index contributed by atoms with van der Waals surface area (Å²) in [7, 11) is 0. The van der Waals surface area contributed by atoms with E-state index in [4.69, 9.17) is 4.98 Å². The van der Waals surface area contributed by atoms with E-state index >= 15 is 0 Å². The summed E-state index contributed by atoms with van der Waals surface area (Å²) in [4.78, 5) is 8.35. The zero-order valence-electron chi connectivity index (χ0n) is 13.4. The Kier molecular flexibility index (Phi) is 3.89. The Balaban J connectivity index is 1.95. The molecule has 0 aliphatic carbocycles. The molecule has 0 saturated heterocycles. The predicted molar refractivity (Wildman–Crippen MR) is 122 cm³/mol. The smallest absolute Gasteiger partial charge is 0.138 e. The lowest BCUT2D eigenvalue weighted by atomic mass is 10.0. The van der Waals surface area contributed by atoms with Crippen molar-refractivity contribution in [2.24, 2.45) is 0 Å². The van der Waals surface area contributed by atoms with Gasteiger partial charge in [0.15, 0.2) is 0 Å². The van der Waals surface area contributed by atoms with Gasteiger partial charge in [0.25, 0.3) is 0 Å². The molecule has 5 aromatic rings. The second kappa shape index (κ2) is 6.16. The molecule has 0 bridgehead atoms. The first-order valence-corrected chi connectivity index (χ1v) is 10.2. The quantitative estimate of drug-likeness (QED) is 0.175. The van der Waals surface area contributed by atoms with Crippen molar-refractivity contribution in [2.75, 3.05) is 0 Å². The van der Waals surface area contributed by atoms with Gasteiger partial charge in [-0.3, -0.25) is 0 Å². The minimum atomic E-state index is -0.245. The maximum Gasteiger partial charge on any atom is 0.138 e. The van der Waals surface area contributed by atoms with E-state index < -0.39 is 0 Å². The average Bonchev–Trinajstić information content (AvgIpc) is 3.08. The number of rotatable bonds is 1. The van der Waals surface area contributed by atoms with Crippen LogP contribution in [0.2, 0.25) is 0 Å². The summed E-state index contributed by atoms with van der Waals surface area (Å²) in [5, 5.41) is 4.69. The Morgan fingerprint density at radius 1 is 0.731 bits per heavy atom. The molecule has 1 N–H and O–H groups in total. The van der Waals surface area contributed by atoms with Crippen molar-refractivity contribution in [1.29, 1.82) is 0 Å². The number of fused-ring (bicyclic) bond motifs is 6. The van der Waals surface area contributed by atoms with E-state index in [0.29, 0.717) is 0 Å². The Bertz CT molecular complexity index is 1230. The Hall–Kier alpha value is -1.74. The zero-order valence-corrected chi connectivity index (χ0v) is 17.7. The van der Waals surface area contributed by atoms with Crippen LogP contribution in [0.4, 0.5) is 4.39 Å². The van der Waals surface area contributed by atoms with Crippen LogP contribution in [0.15, 0.2) is 60.7 Å². The molecule has 0 saturated carbocycles. The lowest BCUT2D eigenvalue weighted by molar-refractivity contribution is 0.628. The number of hydrogen-bond donors (Lipinski definition) is 1. The third-order valence-electron chi connectivity index (χ3n) is 4.60. The molecular weight excluding hydrogens is 553 g/mol. The Labute approximate surface area is 176 Å². The van der Waals surface area contributed by atoms with E-state index in [-0.39, 0.29) is 5.82 Å². The summed E-state index contributed by atoms with van der Waals surface area (Å²) in [5.74, 6) is 0.511. The summed E-state index contributed by atoms with van der Waals surface area (Å²) in [5.41, 5.74) is 2.85. The number of aromatic nitrogens is 2. The van der Waals surface area contributed by atoms with Gasteiger partial charge in [-0.15, -0.1) is 0 Å². The molecule has 26 heavy (non-hydrogen) atoms. The van der Waals surface area contributed by atoms with Crippen LogP contribution >= 0.6 is 45.2 Å². The highest BCUT2D eigenvalue weighted by molar-refractivity contribution is 14.1. The fourth-order valence-corrected chi connectivity index (χ4v) is 4.40. The molecule has 1 heterocycles. The largest absolute Gasteiger partial charge is 0.337 e. The molecule has 126 valence electrons. The fraction of sp³-hybridized carbons (Fsp3) is 0. The molecule has 4 aromatic carbocycles. The first-order valence-electron chi connectivity index (χ1n) is 8.06. The van der Waals surface area contributed by atoms with Gasteiger partial charge < -0.3 is 4.98 Å². The molecule has 0 aliphatic rings. The van der Waals surface area contributed by atoms with Crippen molar-refractivity contribution in [3.8, 4) is 11.4 Å². The first kappa shape index (κ1) is 16.4. The number of imidazole rings is 1. The van der Waals surface area contributed by atoms with Crippen LogP contribution in [0, 0.1) is 13.0 Å². The Morgan fingerprint density at radius 2 is 1.35 bits per heavy atom. The molecule has 0 fully saturated rings. The minimum Gasteiger partial charge on any atom is -0.337 e. The van der Waals surface area contributed by atoms with Crippen molar-refractivity contribution >= 4 is 77.8 Å². The summed E-state index contributed by atoms with van der Waals surface area (Å²) in [6.45, 7) is 0. The molecule has 0 unspecified atom stereocenters. The number of halogens is 3. The van der Waals surface area contributed by atoms with Gasteiger partial charge in [0, 0.05) is 23.5 Å². The van der Waals surface area contributed by atoms with Crippen molar-refractivity contribution in [3.63, 3.8) is 0 Å². The van der Waals surface area contributed by atoms with Gasteiger partial charge in [0.2, 0.25) is 0 Å². The van der Waals surface area contributed by atoms with Crippen LogP contribution in [0.25, 0.3) is 44.0 Å². The van der Waals surface area contributed by atoms with Crippen molar-refractivity contribution < 1.29 is 4.39 Å². The van der Waals surface area contributed by atoms with E-state index in [0.717, 1.165) is 33.2 Å². The second-order valence-electron chi connectivity index (χ2n) is 6.20. The minimum absolute atomic E-state index is 0.245. The number of aromatic amines is 1. The van der Waals surface area contributed by atoms with E-state index in [1.807, 2.05) is 0 Å². The van der Waals surface area contributed by atoms with Crippen molar-refractivity contribution in [2.45, 2.75) is 0 Å². The van der Waals surface area contributed by atoms with Gasteiger partial charge in [-0.05, 0) is 104 Å². The number of nitrogens with zero attached hydrogens (tertiary/aromatic N) is 1. The van der Waals surface area contributed by atoms with Gasteiger partial charge >= 0.3 is 0 Å². The van der Waals surface area contributed by atoms with Crippen LogP contribution < -0.4 is 0 Å². The molecule has 0 spiro atoms. The maximum atomic E-state index is 13.3. The van der Waals surface area contributed by atoms with Crippen molar-refractivity contribution in [3.05, 3.63) is 73.6 Å². The third-order valence-corrected chi connectivity index (χ3v) is 5.94. The lowest BCUT2D eigenvalue weighted by Crippen LogP contribution is -1.84. The highest BCUT2D eigenvalue weighted by atomic mass is 127. The highest BCUT2D eigenvalue weighted by Crippen LogP contribution is 2.36. The van der Waals surface area contributed by atoms with Crippen LogP contribution in [-0.2, 0) is 0 Å². The fourth-order valence-electron chi connectivity index (χ4n) is 3.41. The summed E-state index contributed by atoms with van der Waals surface area (Å²) >= 11 is 4.67. The Morgan fingerprint density at radius 3 is 2.04 bits per heavy atom. The van der Waals surface area contributed by atoms with Gasteiger partial charge in [-0.25, -0.2) is 9.37 Å². The van der Waals surface area contributed by atoms with Crippen LogP contribution in [0.1, 0.15) is 0 Å². The number of benzene rings is 4. The summed E-state index contributed by atoms with van der Waals surface area (Å²) < 4.78 is 15.6. The summed E-state index contributed by atoms with van der Waals surface area (Å²) in [6, 6.07) is 19.4. The van der Waals surface area contributed by atoms with Crippen LogP contribution in [-0.4, -0.2) is 9.97 Å². The van der Waals surface area contributed by atoms with E-state index in [2.05, 4.69) is 86.6 Å². The SMILES string of the molecule is Fc1ccc(-c2nc3c4cc(I)ccc4c4ccc(I)cc4c3[nH]2)cc1. The molecule has 0 atom stereocenters. The normalized spacial score (nSPS) is 11.7. The van der Waals surface area contributed by atoms with E-state index in [9.17, 15) is 4.39 Å². The van der Waals surface area contributed by atoms with Crippen molar-refractivity contribution in [1.82, 2.24) is 9.97 Å². The zero-order chi connectivity index (χ0) is 17.8. The third kappa shape index (κ3) is 2.60. The van der Waals surface area contributed by atoms with Gasteiger partial charge in [-0.1, -0.05) is 12.1 Å². The molecule has 0 aliphatic heterocycles. The summed E-state index contributed by atoms with van der Waals surface area (Å²) in [6.07, 6.45) is 0. The molecule has 5 heteroatoms. The average molecular weight is 564 g/mol. The molecular formula is C21H11FI2N2. The van der Waals surface area contributed by atoms with E-state index in [1.165, 1.54) is 30.0 Å². The maximum absolute atomic E-state index is 13.3. The number of nitrogens with one attached hydrogen (secondary N) is 1. The topological polar surface area (TPSA) is 28.7 Å². The number of H-pyrrole nitrogens is 1. The van der Waals surface area contributed by atoms with E-state index in [1.54, 1.807) is 12.1 Å². The van der Waals surface area contributed by atoms with Gasteiger partial charge in [0.1, 0.15) is 11.6 Å². The molecule has 0 radical (unpaired) electrons. The molecule has 0 amide bonds.